The van der Waals surface area contributed by atoms with Crippen molar-refractivity contribution in [1.29, 1.82) is 0 Å². The highest BCUT2D eigenvalue weighted by Crippen LogP contribution is 2.13. The highest BCUT2D eigenvalue weighted by Gasteiger charge is 1.77. The highest BCUT2D eigenvalue weighted by atomic mass is 80.0. The summed E-state index contributed by atoms with van der Waals surface area (Å²) in [5, 5.41) is 0. The summed E-state index contributed by atoms with van der Waals surface area (Å²) in [6.45, 7) is 0. The maximum absolute atomic E-state index is 3.10. The van der Waals surface area contributed by atoms with Crippen molar-refractivity contribution in [2.45, 2.75) is 2.65 Å². The van der Waals surface area contributed by atoms with E-state index in [0.29, 0.717) is 0 Å². The molecule has 0 amide bonds. The largest absolute Gasteiger partial charge is 0.124 e. The molecule has 0 saturated heterocycles. The van der Waals surface area contributed by atoms with E-state index in [2.05, 4.69) is 63.7 Å². The SMILES string of the molecule is BrC(Br)Br.CBr. The van der Waals surface area contributed by atoms with Gasteiger partial charge in [-0.3, -0.25) is 0 Å². The quantitative estimate of drug-likeness (QED) is 0.589. The van der Waals surface area contributed by atoms with Crippen molar-refractivity contribution in [2.24, 2.45) is 0 Å². The molecule has 0 aromatic heterocycles. The van der Waals surface area contributed by atoms with Crippen LogP contribution in [0.15, 0.2) is 0 Å². The van der Waals surface area contributed by atoms with Crippen LogP contribution in [0, 0.1) is 0 Å². The molecule has 0 aliphatic carbocycles. The van der Waals surface area contributed by atoms with Crippen LogP contribution in [-0.4, -0.2) is 8.48 Å². The fourth-order valence-corrected chi connectivity index (χ4v) is 0. The van der Waals surface area contributed by atoms with Gasteiger partial charge >= 0.3 is 0 Å². The Balaban J connectivity index is 0. The van der Waals surface area contributed by atoms with Crippen LogP contribution in [0.5, 0.6) is 0 Å². The van der Waals surface area contributed by atoms with Gasteiger partial charge < -0.3 is 0 Å². The zero-order chi connectivity index (χ0) is 5.58. The Labute approximate surface area is 71.6 Å². The van der Waals surface area contributed by atoms with E-state index >= 15 is 0 Å². The molecule has 0 radical (unpaired) electrons. The van der Waals surface area contributed by atoms with Gasteiger partial charge in [0.15, 0.2) is 0 Å². The van der Waals surface area contributed by atoms with Gasteiger partial charge in [-0.25, -0.2) is 0 Å². The minimum absolute atomic E-state index is 0.271. The molecule has 0 aromatic carbocycles. The maximum Gasteiger partial charge on any atom is 0.124 e. The summed E-state index contributed by atoms with van der Waals surface area (Å²) in [5.74, 6) is 1.81. The van der Waals surface area contributed by atoms with Gasteiger partial charge in [-0.15, -0.1) is 0 Å². The van der Waals surface area contributed by atoms with Crippen LogP contribution in [0.2, 0.25) is 0 Å². The summed E-state index contributed by atoms with van der Waals surface area (Å²) in [7, 11) is 0. The number of hydrogen-bond donors (Lipinski definition) is 0. The van der Waals surface area contributed by atoms with E-state index < -0.39 is 0 Å². The van der Waals surface area contributed by atoms with Gasteiger partial charge in [0.1, 0.15) is 2.65 Å². The molecule has 0 aromatic rings. The molecular weight excluding hydrogens is 344 g/mol. The predicted octanol–water partition coefficient (Wildman–Crippen LogP) is 3.47. The zero-order valence-corrected chi connectivity index (χ0v) is 9.43. The topological polar surface area (TPSA) is 0 Å². The van der Waals surface area contributed by atoms with Crippen molar-refractivity contribution in [3.8, 4) is 0 Å². The predicted molar refractivity (Wildman–Crippen MR) is 45.4 cm³/mol. The normalized spacial score (nSPS) is 7.00. The molecule has 0 N–H and O–H groups in total. The minimum Gasteiger partial charge on any atom is -0.0966 e. The monoisotopic (exact) mass is 344 g/mol. The summed E-state index contributed by atoms with van der Waals surface area (Å²) in [4.78, 5) is 0. The van der Waals surface area contributed by atoms with Crippen LogP contribution in [0.25, 0.3) is 0 Å². The van der Waals surface area contributed by atoms with E-state index in [9.17, 15) is 0 Å². The first kappa shape index (κ1) is 10.8. The Morgan fingerprint density at radius 1 is 1.00 bits per heavy atom. The third kappa shape index (κ3) is 38.9. The van der Waals surface area contributed by atoms with Crippen molar-refractivity contribution >= 4 is 63.7 Å². The summed E-state index contributed by atoms with van der Waals surface area (Å²) in [5.41, 5.74) is 0. The van der Waals surface area contributed by atoms with Gasteiger partial charge in [0, 0.05) is 0 Å². The van der Waals surface area contributed by atoms with Crippen molar-refractivity contribution in [2.75, 3.05) is 5.83 Å². The van der Waals surface area contributed by atoms with Crippen LogP contribution < -0.4 is 0 Å². The number of hydrogen-bond acceptors (Lipinski definition) is 0. The van der Waals surface area contributed by atoms with Crippen LogP contribution in [0.4, 0.5) is 0 Å². The highest BCUT2D eigenvalue weighted by molar-refractivity contribution is 9.38. The Morgan fingerprint density at radius 3 is 1.00 bits per heavy atom. The van der Waals surface area contributed by atoms with Gasteiger partial charge in [-0.05, 0) is 5.83 Å². The summed E-state index contributed by atoms with van der Waals surface area (Å²) in [6.07, 6.45) is 0. The number of rotatable bonds is 0. The van der Waals surface area contributed by atoms with Crippen molar-refractivity contribution in [1.82, 2.24) is 0 Å². The van der Waals surface area contributed by atoms with E-state index in [4.69, 9.17) is 0 Å². The minimum atomic E-state index is 0.271. The molecular formula is C2H4Br4. The molecule has 0 aliphatic rings. The Kier molecular flexibility index (Phi) is 18.1. The summed E-state index contributed by atoms with van der Waals surface area (Å²) < 4.78 is 0.271. The molecule has 0 fully saturated rings. The van der Waals surface area contributed by atoms with Gasteiger partial charge in [-0.2, -0.15) is 0 Å². The third-order valence-electron chi connectivity index (χ3n) is 0. The number of halogens is 4. The molecule has 0 spiro atoms. The first-order valence-electron chi connectivity index (χ1n) is 1.03. The van der Waals surface area contributed by atoms with E-state index in [1.54, 1.807) is 0 Å². The molecule has 6 heavy (non-hydrogen) atoms. The fourth-order valence-electron chi connectivity index (χ4n) is 0. The lowest BCUT2D eigenvalue weighted by Gasteiger charge is -1.70. The average molecular weight is 348 g/mol. The standard InChI is InChI=1S/CHBr3.CH3Br/c2-1(3)4;1-2/h1H;1H3. The second kappa shape index (κ2) is 10.0. The fraction of sp³-hybridized carbons (Fsp3) is 1.00. The molecule has 0 atom stereocenters. The molecule has 0 saturated carbocycles. The molecule has 0 rings (SSSR count). The van der Waals surface area contributed by atoms with E-state index in [1.807, 2.05) is 5.83 Å². The van der Waals surface area contributed by atoms with E-state index in [-0.39, 0.29) is 2.65 Å². The first-order valence-corrected chi connectivity index (χ1v) is 5.37. The van der Waals surface area contributed by atoms with Gasteiger partial charge in [-0.1, -0.05) is 63.7 Å². The second-order valence-corrected chi connectivity index (χ2v) is 6.68. The smallest absolute Gasteiger partial charge is 0.0966 e. The van der Waals surface area contributed by atoms with E-state index in [0.717, 1.165) is 0 Å². The molecule has 0 bridgehead atoms. The zero-order valence-electron chi connectivity index (χ0n) is 3.09. The first-order chi connectivity index (χ1) is 2.73. The van der Waals surface area contributed by atoms with Gasteiger partial charge in [0.25, 0.3) is 0 Å². The van der Waals surface area contributed by atoms with Crippen LogP contribution in [0.3, 0.4) is 0 Å². The second-order valence-electron chi connectivity index (χ2n) is 0.247. The lowest BCUT2D eigenvalue weighted by atomic mass is 12.0. The summed E-state index contributed by atoms with van der Waals surface area (Å²) in [6, 6.07) is 0. The van der Waals surface area contributed by atoms with Crippen LogP contribution in [-0.2, 0) is 0 Å². The maximum atomic E-state index is 3.10. The van der Waals surface area contributed by atoms with Crippen molar-refractivity contribution < 1.29 is 0 Å². The Morgan fingerprint density at radius 2 is 1.00 bits per heavy atom. The molecule has 4 heteroatoms. The summed E-state index contributed by atoms with van der Waals surface area (Å²) >= 11 is 12.2. The van der Waals surface area contributed by atoms with Crippen molar-refractivity contribution in [3.63, 3.8) is 0 Å². The molecule has 0 aliphatic heterocycles. The lowest BCUT2D eigenvalue weighted by molar-refractivity contribution is 2.28. The van der Waals surface area contributed by atoms with Gasteiger partial charge in [0.2, 0.25) is 0 Å². The average Bonchev–Trinajstić information content (AvgIpc) is 1.41. The molecule has 0 unspecified atom stereocenters. The molecule has 0 heterocycles. The van der Waals surface area contributed by atoms with E-state index in [1.165, 1.54) is 0 Å². The molecule has 40 valence electrons. The van der Waals surface area contributed by atoms with Crippen LogP contribution >= 0.6 is 63.7 Å². The molecule has 0 nitrogen and oxygen atoms in total. The Hall–Kier alpha value is 1.92. The van der Waals surface area contributed by atoms with Gasteiger partial charge in [0.05, 0.1) is 0 Å². The third-order valence-corrected chi connectivity index (χ3v) is 0. The number of alkyl halides is 4. The lowest BCUT2D eigenvalue weighted by Crippen LogP contribution is -1.49. The Bertz CT molecular complexity index is 10.3. The van der Waals surface area contributed by atoms with Crippen LogP contribution in [0.1, 0.15) is 0 Å². The van der Waals surface area contributed by atoms with Crippen molar-refractivity contribution in [3.05, 3.63) is 0 Å².